The van der Waals surface area contributed by atoms with Gasteiger partial charge in [0.2, 0.25) is 0 Å². The Morgan fingerprint density at radius 1 is 1.25 bits per heavy atom. The summed E-state index contributed by atoms with van der Waals surface area (Å²) < 4.78 is 0. The minimum absolute atomic E-state index is 0.785. The van der Waals surface area contributed by atoms with Crippen LogP contribution in [0.4, 0.5) is 0 Å². The molecule has 0 unspecified atom stereocenters. The van der Waals surface area contributed by atoms with E-state index in [-0.39, 0.29) is 0 Å². The molecule has 12 heavy (non-hydrogen) atoms. The SMILES string of the molecule is CC(O)(O)C(CO)(CO)C(=O)O. The van der Waals surface area contributed by atoms with Crippen LogP contribution in [0.25, 0.3) is 0 Å². The number of hydrogen-bond acceptors (Lipinski definition) is 5. The molecule has 0 aliphatic rings. The van der Waals surface area contributed by atoms with Gasteiger partial charge >= 0.3 is 5.97 Å². The van der Waals surface area contributed by atoms with Crippen molar-refractivity contribution in [2.24, 2.45) is 5.41 Å². The maximum atomic E-state index is 10.5. The molecule has 0 atom stereocenters. The lowest BCUT2D eigenvalue weighted by molar-refractivity contribution is -0.252. The number of carboxylic acid groups (broad SMARTS) is 1. The molecule has 5 N–H and O–H groups in total. The van der Waals surface area contributed by atoms with Gasteiger partial charge < -0.3 is 25.5 Å². The van der Waals surface area contributed by atoms with Crippen LogP contribution in [0.5, 0.6) is 0 Å². The van der Waals surface area contributed by atoms with Crippen molar-refractivity contribution in [1.82, 2.24) is 0 Å². The van der Waals surface area contributed by atoms with Crippen molar-refractivity contribution < 1.29 is 30.3 Å². The van der Waals surface area contributed by atoms with Crippen LogP contribution in [-0.2, 0) is 4.79 Å². The summed E-state index contributed by atoms with van der Waals surface area (Å²) in [5, 5.41) is 43.7. The van der Waals surface area contributed by atoms with Gasteiger partial charge in [-0.25, -0.2) is 0 Å². The summed E-state index contributed by atoms with van der Waals surface area (Å²) in [5.74, 6) is -4.33. The van der Waals surface area contributed by atoms with Gasteiger partial charge in [-0.05, 0) is 6.92 Å². The van der Waals surface area contributed by atoms with Crippen LogP contribution in [0.3, 0.4) is 0 Å². The normalized spacial score (nSPS) is 13.1. The second-order valence-corrected chi connectivity index (χ2v) is 2.72. The molecule has 0 aliphatic heterocycles. The maximum absolute atomic E-state index is 10.5. The molecule has 72 valence electrons. The summed E-state index contributed by atoms with van der Waals surface area (Å²) >= 11 is 0. The first-order valence-corrected chi connectivity index (χ1v) is 3.21. The smallest absolute Gasteiger partial charge is 0.319 e. The highest BCUT2D eigenvalue weighted by molar-refractivity contribution is 5.76. The van der Waals surface area contributed by atoms with E-state index < -0.39 is 30.4 Å². The Labute approximate surface area is 68.7 Å². The Balaban J connectivity index is 4.97. The number of carboxylic acids is 1. The van der Waals surface area contributed by atoms with Crippen LogP contribution >= 0.6 is 0 Å². The molecule has 6 nitrogen and oxygen atoms in total. The lowest BCUT2D eigenvalue weighted by atomic mass is 9.81. The van der Waals surface area contributed by atoms with E-state index in [1.54, 1.807) is 0 Å². The number of hydrogen-bond donors (Lipinski definition) is 5. The third-order valence-electron chi connectivity index (χ3n) is 1.86. The Morgan fingerprint density at radius 2 is 1.58 bits per heavy atom. The summed E-state index contributed by atoms with van der Waals surface area (Å²) in [6.07, 6.45) is 0. The fraction of sp³-hybridized carbons (Fsp3) is 0.833. The van der Waals surface area contributed by atoms with Gasteiger partial charge in [0.15, 0.2) is 11.2 Å². The fourth-order valence-corrected chi connectivity index (χ4v) is 0.687. The lowest BCUT2D eigenvalue weighted by Crippen LogP contribution is -2.56. The van der Waals surface area contributed by atoms with Gasteiger partial charge in [0, 0.05) is 0 Å². The molecule has 0 amide bonds. The fourth-order valence-electron chi connectivity index (χ4n) is 0.687. The van der Waals surface area contributed by atoms with E-state index in [1.807, 2.05) is 0 Å². The monoisotopic (exact) mass is 180 g/mol. The summed E-state index contributed by atoms with van der Waals surface area (Å²) in [6, 6.07) is 0. The van der Waals surface area contributed by atoms with Gasteiger partial charge in [-0.2, -0.15) is 0 Å². The van der Waals surface area contributed by atoms with Crippen LogP contribution in [-0.4, -0.2) is 50.5 Å². The third kappa shape index (κ3) is 1.56. The molecule has 0 heterocycles. The predicted molar refractivity (Wildman–Crippen MR) is 37.1 cm³/mol. The first-order valence-electron chi connectivity index (χ1n) is 3.21. The highest BCUT2D eigenvalue weighted by Gasteiger charge is 2.52. The molecule has 0 saturated heterocycles. The highest BCUT2D eigenvalue weighted by atomic mass is 16.5. The molecule has 0 spiro atoms. The second-order valence-electron chi connectivity index (χ2n) is 2.72. The summed E-state index contributed by atoms with van der Waals surface area (Å²) in [4.78, 5) is 10.5. The van der Waals surface area contributed by atoms with E-state index in [2.05, 4.69) is 0 Å². The second kappa shape index (κ2) is 3.36. The van der Waals surface area contributed by atoms with Gasteiger partial charge in [-0.3, -0.25) is 4.79 Å². The predicted octanol–water partition coefficient (Wildman–Crippen LogP) is -2.26. The van der Waals surface area contributed by atoms with Gasteiger partial charge in [-0.15, -0.1) is 0 Å². The molecular formula is C6H12O6. The van der Waals surface area contributed by atoms with Crippen molar-refractivity contribution in [3.8, 4) is 0 Å². The molecule has 6 heteroatoms. The highest BCUT2D eigenvalue weighted by Crippen LogP contribution is 2.28. The molecule has 0 fully saturated rings. The molecule has 0 aliphatic carbocycles. The van der Waals surface area contributed by atoms with E-state index >= 15 is 0 Å². The molecule has 0 radical (unpaired) electrons. The van der Waals surface area contributed by atoms with E-state index in [4.69, 9.17) is 25.5 Å². The molecule has 0 bridgehead atoms. The average Bonchev–Trinajstić information content (AvgIpc) is 1.87. The Hall–Kier alpha value is -0.690. The summed E-state index contributed by atoms with van der Waals surface area (Å²) in [7, 11) is 0. The molecule has 0 aromatic heterocycles. The first kappa shape index (κ1) is 11.3. The number of aliphatic carboxylic acids is 1. The van der Waals surface area contributed by atoms with Gasteiger partial charge in [-0.1, -0.05) is 0 Å². The van der Waals surface area contributed by atoms with Crippen LogP contribution in [0.1, 0.15) is 6.92 Å². The number of rotatable bonds is 4. The van der Waals surface area contributed by atoms with Crippen LogP contribution in [0.2, 0.25) is 0 Å². The van der Waals surface area contributed by atoms with E-state index in [0.717, 1.165) is 6.92 Å². The number of aliphatic hydroxyl groups is 4. The Bertz CT molecular complexity index is 165. The van der Waals surface area contributed by atoms with Crippen molar-refractivity contribution in [2.45, 2.75) is 12.7 Å². The average molecular weight is 180 g/mol. The van der Waals surface area contributed by atoms with Gasteiger partial charge in [0.05, 0.1) is 13.2 Å². The van der Waals surface area contributed by atoms with Crippen molar-refractivity contribution in [1.29, 1.82) is 0 Å². The molecule has 0 aromatic carbocycles. The first-order chi connectivity index (χ1) is 5.31. The van der Waals surface area contributed by atoms with Crippen LogP contribution < -0.4 is 0 Å². The Kier molecular flexibility index (Phi) is 3.17. The molecule has 0 aromatic rings. The minimum Gasteiger partial charge on any atom is -0.481 e. The minimum atomic E-state index is -2.66. The largest absolute Gasteiger partial charge is 0.481 e. The van der Waals surface area contributed by atoms with Crippen molar-refractivity contribution in [2.75, 3.05) is 13.2 Å². The van der Waals surface area contributed by atoms with Crippen LogP contribution in [0.15, 0.2) is 0 Å². The summed E-state index contributed by atoms with van der Waals surface area (Å²) in [5.41, 5.74) is -2.34. The standard InChI is InChI=1S/C6H12O6/c1-5(11,12)6(2-7,3-8)4(9)10/h7-8,11-12H,2-3H2,1H3,(H,9,10). The van der Waals surface area contributed by atoms with E-state index in [1.165, 1.54) is 0 Å². The lowest BCUT2D eigenvalue weighted by Gasteiger charge is -2.34. The third-order valence-corrected chi connectivity index (χ3v) is 1.86. The van der Waals surface area contributed by atoms with Crippen molar-refractivity contribution >= 4 is 5.97 Å². The topological polar surface area (TPSA) is 118 Å². The molecule has 0 saturated carbocycles. The zero-order valence-electron chi connectivity index (χ0n) is 6.56. The summed E-state index contributed by atoms with van der Waals surface area (Å²) in [6.45, 7) is -1.32. The van der Waals surface area contributed by atoms with Gasteiger partial charge in [0.1, 0.15) is 0 Å². The molecular weight excluding hydrogens is 168 g/mol. The zero-order valence-corrected chi connectivity index (χ0v) is 6.56. The van der Waals surface area contributed by atoms with Crippen molar-refractivity contribution in [3.05, 3.63) is 0 Å². The van der Waals surface area contributed by atoms with Gasteiger partial charge in [0.25, 0.3) is 0 Å². The number of carbonyl (C=O) groups is 1. The zero-order chi connectivity index (χ0) is 9.99. The van der Waals surface area contributed by atoms with E-state index in [0.29, 0.717) is 0 Å². The number of aliphatic hydroxyl groups excluding tert-OH is 2. The van der Waals surface area contributed by atoms with E-state index in [9.17, 15) is 4.79 Å². The molecule has 0 rings (SSSR count). The van der Waals surface area contributed by atoms with Crippen molar-refractivity contribution in [3.63, 3.8) is 0 Å². The maximum Gasteiger partial charge on any atom is 0.319 e. The quantitative estimate of drug-likeness (QED) is 0.312. The van der Waals surface area contributed by atoms with Crippen LogP contribution in [0, 0.1) is 5.41 Å². The Morgan fingerprint density at radius 3 is 1.58 bits per heavy atom.